The average molecular weight is 517 g/mol. The smallest absolute Gasteiger partial charge is 0.348 e. The van der Waals surface area contributed by atoms with Crippen LogP contribution >= 0.6 is 11.6 Å². The van der Waals surface area contributed by atoms with Crippen LogP contribution in [-0.2, 0) is 29.0 Å². The molecule has 1 saturated heterocycles. The third-order valence-corrected chi connectivity index (χ3v) is 8.26. The van der Waals surface area contributed by atoms with Crippen LogP contribution in [0, 0.1) is 5.92 Å². The molecule has 186 valence electrons. The van der Waals surface area contributed by atoms with Crippen molar-refractivity contribution in [3.8, 4) is 0 Å². The molecule has 0 radical (unpaired) electrons. The van der Waals surface area contributed by atoms with E-state index in [-0.39, 0.29) is 44.8 Å². The maximum atomic E-state index is 13.8. The molecule has 10 heteroatoms. The molecule has 3 rings (SSSR count). The number of hydrogen-bond acceptors (Lipinski definition) is 4. The summed E-state index contributed by atoms with van der Waals surface area (Å²) in [4.78, 5) is 14.9. The van der Waals surface area contributed by atoms with Gasteiger partial charge in [-0.25, -0.2) is 8.42 Å². The van der Waals surface area contributed by atoms with Crippen LogP contribution in [0.1, 0.15) is 46.8 Å². The zero-order valence-electron chi connectivity index (χ0n) is 19.1. The Bertz CT molecular complexity index is 1140. The molecule has 0 aromatic heterocycles. The maximum absolute atomic E-state index is 13.8. The molecule has 1 aliphatic heterocycles. The van der Waals surface area contributed by atoms with Crippen LogP contribution in [-0.4, -0.2) is 45.1 Å². The summed E-state index contributed by atoms with van der Waals surface area (Å²) in [5.41, 5.74) is -0.486. The minimum atomic E-state index is -4.59. The Labute approximate surface area is 203 Å². The fraction of sp³-hybridized carbons (Fsp3) is 0.458. The molecule has 1 fully saturated rings. The van der Waals surface area contributed by atoms with E-state index in [1.54, 1.807) is 0 Å². The Balaban J connectivity index is 1.80. The van der Waals surface area contributed by atoms with E-state index in [9.17, 15) is 26.4 Å². The summed E-state index contributed by atoms with van der Waals surface area (Å²) in [5.74, 6) is -0.696. The van der Waals surface area contributed by atoms with Gasteiger partial charge in [0.25, 0.3) is 5.91 Å². The summed E-state index contributed by atoms with van der Waals surface area (Å²) in [6.45, 7) is 3.02. The highest BCUT2D eigenvalue weighted by Gasteiger charge is 2.35. The van der Waals surface area contributed by atoms with E-state index in [0.29, 0.717) is 6.42 Å². The molecule has 0 unspecified atom stereocenters. The van der Waals surface area contributed by atoms with Gasteiger partial charge in [-0.2, -0.15) is 13.2 Å². The number of benzene rings is 2. The summed E-state index contributed by atoms with van der Waals surface area (Å²) >= 11 is 5.98. The van der Waals surface area contributed by atoms with Crippen molar-refractivity contribution in [3.05, 3.63) is 63.7 Å². The number of rotatable bonds is 7. The number of halogens is 4. The summed E-state index contributed by atoms with van der Waals surface area (Å²) in [6.07, 6.45) is -2.62. The molecule has 0 spiro atoms. The standard InChI is InChI=1S/C24H28ClF3N2O3S/c1-3-34(32,33)22-7-6-20(25)13-19(22)15-29-23(31)18-5-4-17(21(14-18)24(26,27)28)12-16-8-10-30(2)11-9-16/h4-7,13-14,16H,3,8-12,15H2,1-2H3,(H,29,31). The predicted molar refractivity (Wildman–Crippen MR) is 126 cm³/mol. The molecule has 2 aromatic rings. The fourth-order valence-electron chi connectivity index (χ4n) is 4.16. The van der Waals surface area contributed by atoms with Crippen molar-refractivity contribution in [2.45, 2.75) is 43.8 Å². The van der Waals surface area contributed by atoms with Gasteiger partial charge in [-0.05, 0) is 86.8 Å². The molecular weight excluding hydrogens is 489 g/mol. The molecule has 1 amide bonds. The third kappa shape index (κ3) is 6.52. The first kappa shape index (κ1) is 26.5. The first-order chi connectivity index (χ1) is 15.9. The van der Waals surface area contributed by atoms with Gasteiger partial charge in [-0.3, -0.25) is 4.79 Å². The lowest BCUT2D eigenvalue weighted by molar-refractivity contribution is -0.138. The molecule has 0 bridgehead atoms. The zero-order valence-corrected chi connectivity index (χ0v) is 20.7. The van der Waals surface area contributed by atoms with Crippen LogP contribution in [0.15, 0.2) is 41.3 Å². The van der Waals surface area contributed by atoms with Crippen LogP contribution in [0.4, 0.5) is 13.2 Å². The molecule has 0 atom stereocenters. The number of carbonyl (C=O) groups excluding carboxylic acids is 1. The lowest BCUT2D eigenvalue weighted by atomic mass is 9.88. The number of nitrogens with zero attached hydrogens (tertiary/aromatic N) is 1. The summed E-state index contributed by atoms with van der Waals surface area (Å²) < 4.78 is 66.1. The minimum Gasteiger partial charge on any atom is -0.348 e. The average Bonchev–Trinajstić information content (AvgIpc) is 2.78. The number of likely N-dealkylation sites (tertiary alicyclic amines) is 1. The first-order valence-corrected chi connectivity index (χ1v) is 13.1. The SMILES string of the molecule is CCS(=O)(=O)c1ccc(Cl)cc1CNC(=O)c1ccc(CC2CCN(C)CC2)c(C(F)(F)F)c1. The Hall–Kier alpha value is -2.10. The summed E-state index contributed by atoms with van der Waals surface area (Å²) in [6, 6.07) is 7.87. The second kappa shape index (κ2) is 10.7. The number of nitrogens with one attached hydrogen (secondary N) is 1. The minimum absolute atomic E-state index is 0.0316. The van der Waals surface area contributed by atoms with Crippen molar-refractivity contribution >= 4 is 27.3 Å². The third-order valence-electron chi connectivity index (χ3n) is 6.20. The van der Waals surface area contributed by atoms with E-state index < -0.39 is 27.5 Å². The summed E-state index contributed by atoms with van der Waals surface area (Å²) in [5, 5.41) is 2.82. The van der Waals surface area contributed by atoms with Crippen molar-refractivity contribution in [2.24, 2.45) is 5.92 Å². The maximum Gasteiger partial charge on any atom is 0.416 e. The van der Waals surface area contributed by atoms with Gasteiger partial charge in [0.2, 0.25) is 0 Å². The second-order valence-electron chi connectivity index (χ2n) is 8.66. The Morgan fingerprint density at radius 2 is 1.79 bits per heavy atom. The van der Waals surface area contributed by atoms with Gasteiger partial charge in [0.15, 0.2) is 9.84 Å². The molecular formula is C24H28ClF3N2O3S. The molecule has 1 aliphatic rings. The van der Waals surface area contributed by atoms with Gasteiger partial charge < -0.3 is 10.2 Å². The largest absolute Gasteiger partial charge is 0.416 e. The monoisotopic (exact) mass is 516 g/mol. The van der Waals surface area contributed by atoms with Gasteiger partial charge in [-0.15, -0.1) is 0 Å². The predicted octanol–water partition coefficient (Wildman–Crippen LogP) is 4.97. The molecule has 1 N–H and O–H groups in total. The van der Waals surface area contributed by atoms with Gasteiger partial charge >= 0.3 is 6.18 Å². The Kier molecular flexibility index (Phi) is 8.31. The lowest BCUT2D eigenvalue weighted by Gasteiger charge is -2.29. The number of piperidine rings is 1. The highest BCUT2D eigenvalue weighted by atomic mass is 35.5. The highest BCUT2D eigenvalue weighted by Crippen LogP contribution is 2.35. The quantitative estimate of drug-likeness (QED) is 0.564. The van der Waals surface area contributed by atoms with Crippen LogP contribution in [0.5, 0.6) is 0 Å². The van der Waals surface area contributed by atoms with E-state index in [1.807, 2.05) is 7.05 Å². The number of hydrogen-bond donors (Lipinski definition) is 1. The van der Waals surface area contributed by atoms with E-state index >= 15 is 0 Å². The van der Waals surface area contributed by atoms with Crippen LogP contribution < -0.4 is 5.32 Å². The molecule has 1 heterocycles. The Morgan fingerprint density at radius 3 is 2.41 bits per heavy atom. The fourth-order valence-corrected chi connectivity index (χ4v) is 5.47. The van der Waals surface area contributed by atoms with Crippen LogP contribution in [0.3, 0.4) is 0 Å². The van der Waals surface area contributed by atoms with Crippen molar-refractivity contribution < 1.29 is 26.4 Å². The second-order valence-corrected chi connectivity index (χ2v) is 11.3. The van der Waals surface area contributed by atoms with Gasteiger partial charge in [-0.1, -0.05) is 24.6 Å². The molecule has 5 nitrogen and oxygen atoms in total. The molecule has 0 saturated carbocycles. The van der Waals surface area contributed by atoms with Gasteiger partial charge in [0.05, 0.1) is 16.2 Å². The van der Waals surface area contributed by atoms with Crippen molar-refractivity contribution in [1.29, 1.82) is 0 Å². The van der Waals surface area contributed by atoms with E-state index in [0.717, 1.165) is 32.0 Å². The zero-order chi connectivity index (χ0) is 25.1. The summed E-state index contributed by atoms with van der Waals surface area (Å²) in [7, 11) is -1.57. The van der Waals surface area contributed by atoms with E-state index in [1.165, 1.54) is 37.3 Å². The topological polar surface area (TPSA) is 66.5 Å². The van der Waals surface area contributed by atoms with E-state index in [4.69, 9.17) is 11.6 Å². The number of sulfone groups is 1. The molecule has 0 aliphatic carbocycles. The van der Waals surface area contributed by atoms with Crippen molar-refractivity contribution in [2.75, 3.05) is 25.9 Å². The molecule has 2 aromatic carbocycles. The Morgan fingerprint density at radius 1 is 1.12 bits per heavy atom. The number of alkyl halides is 3. The highest BCUT2D eigenvalue weighted by molar-refractivity contribution is 7.91. The van der Waals surface area contributed by atoms with E-state index in [2.05, 4.69) is 10.2 Å². The van der Waals surface area contributed by atoms with Crippen molar-refractivity contribution in [3.63, 3.8) is 0 Å². The van der Waals surface area contributed by atoms with Crippen LogP contribution in [0.25, 0.3) is 0 Å². The number of carbonyl (C=O) groups is 1. The molecule has 34 heavy (non-hydrogen) atoms. The lowest BCUT2D eigenvalue weighted by Crippen LogP contribution is -2.31. The normalized spacial score (nSPS) is 15.9. The van der Waals surface area contributed by atoms with Gasteiger partial charge in [0.1, 0.15) is 0 Å². The first-order valence-electron chi connectivity index (χ1n) is 11.1. The van der Waals surface area contributed by atoms with Crippen molar-refractivity contribution in [1.82, 2.24) is 10.2 Å². The van der Waals surface area contributed by atoms with Gasteiger partial charge in [0, 0.05) is 17.1 Å². The van der Waals surface area contributed by atoms with Crippen LogP contribution in [0.2, 0.25) is 5.02 Å². The number of amides is 1.